The lowest BCUT2D eigenvalue weighted by Crippen LogP contribution is -2.39. The van der Waals surface area contributed by atoms with Crippen LogP contribution in [-0.2, 0) is 22.8 Å². The summed E-state index contributed by atoms with van der Waals surface area (Å²) in [6.45, 7) is 0.440. The highest BCUT2D eigenvalue weighted by atomic mass is 32.2. The Labute approximate surface area is 163 Å². The number of hydrogen-bond donors (Lipinski definition) is 0. The van der Waals surface area contributed by atoms with E-state index in [1.807, 2.05) is 0 Å². The molecule has 1 aromatic heterocycles. The molecule has 5 nitrogen and oxygen atoms in total. The molecular weight excluding hydrogens is 391 g/mol. The van der Waals surface area contributed by atoms with Crippen LogP contribution in [0.2, 0.25) is 0 Å². The minimum atomic E-state index is -4.36. The van der Waals surface area contributed by atoms with Gasteiger partial charge in [0.2, 0.25) is 0 Å². The molecular formula is C19H22F3N3O2S. The minimum absolute atomic E-state index is 0.333. The first kappa shape index (κ1) is 20.8. The highest BCUT2D eigenvalue weighted by Gasteiger charge is 2.37. The molecule has 2 aromatic rings. The molecule has 1 aromatic carbocycles. The van der Waals surface area contributed by atoms with Gasteiger partial charge in [0.25, 0.3) is 10.2 Å². The van der Waals surface area contributed by atoms with Gasteiger partial charge in [-0.25, -0.2) is 0 Å². The van der Waals surface area contributed by atoms with Gasteiger partial charge in [0, 0.05) is 32.8 Å². The van der Waals surface area contributed by atoms with Crippen molar-refractivity contribution < 1.29 is 21.6 Å². The van der Waals surface area contributed by atoms with E-state index in [1.165, 1.54) is 34.8 Å². The van der Waals surface area contributed by atoms with E-state index < -0.39 is 21.9 Å². The number of pyridine rings is 1. The number of benzene rings is 1. The van der Waals surface area contributed by atoms with Gasteiger partial charge in [0.15, 0.2) is 0 Å². The van der Waals surface area contributed by atoms with Crippen molar-refractivity contribution >= 4 is 10.2 Å². The number of alkyl halides is 3. The number of hydrogen-bond acceptors (Lipinski definition) is 3. The molecule has 0 bridgehead atoms. The molecule has 0 aliphatic carbocycles. The maximum absolute atomic E-state index is 12.7. The van der Waals surface area contributed by atoms with Crippen LogP contribution in [0, 0.1) is 0 Å². The summed E-state index contributed by atoms with van der Waals surface area (Å²) in [4.78, 5) is 4.60. The summed E-state index contributed by atoms with van der Waals surface area (Å²) in [6.07, 6.45) is -2.55. The second-order valence-electron chi connectivity index (χ2n) is 6.98. The monoisotopic (exact) mass is 413 g/mol. The number of nitrogens with zero attached hydrogens (tertiary/aromatic N) is 3. The third-order valence-corrected chi connectivity index (χ3v) is 6.75. The first-order valence-corrected chi connectivity index (χ1v) is 10.3. The molecule has 0 N–H and O–H groups in total. The Bertz CT molecular complexity index is 928. The van der Waals surface area contributed by atoms with Crippen molar-refractivity contribution in [2.75, 3.05) is 20.6 Å². The van der Waals surface area contributed by atoms with Crippen molar-refractivity contribution in [1.29, 1.82) is 0 Å². The summed E-state index contributed by atoms with van der Waals surface area (Å²) in [5.41, 5.74) is 1.37. The van der Waals surface area contributed by atoms with Gasteiger partial charge in [0.05, 0.1) is 17.3 Å². The van der Waals surface area contributed by atoms with Gasteiger partial charge in [-0.05, 0) is 42.7 Å². The molecule has 3 rings (SSSR count). The lowest BCUT2D eigenvalue weighted by molar-refractivity contribution is -0.137. The highest BCUT2D eigenvalue weighted by molar-refractivity contribution is 7.86. The molecule has 2 heterocycles. The van der Waals surface area contributed by atoms with E-state index in [2.05, 4.69) is 4.98 Å². The van der Waals surface area contributed by atoms with Crippen LogP contribution in [-0.4, -0.2) is 42.7 Å². The van der Waals surface area contributed by atoms with Gasteiger partial charge in [-0.2, -0.15) is 30.2 Å². The maximum Gasteiger partial charge on any atom is 0.416 e. The minimum Gasteiger partial charge on any atom is -0.256 e. The molecule has 1 aliphatic heterocycles. The SMILES string of the molecule is CN(C)S(=O)(=O)N1CCC[C@H]1c1cccc(Cc2ccc(C(F)(F)F)cc2)n1. The third kappa shape index (κ3) is 4.37. The molecule has 1 aliphatic rings. The Balaban J connectivity index is 1.81. The molecule has 0 spiro atoms. The molecule has 0 saturated carbocycles. The standard InChI is InChI=1S/C19H22F3N3O2S/c1-24(2)28(26,27)25-12-4-7-18(25)17-6-3-5-16(23-17)13-14-8-10-15(11-9-14)19(20,21)22/h3,5-6,8-11,18H,4,7,12-13H2,1-2H3/t18-/m0/s1. The lowest BCUT2D eigenvalue weighted by atomic mass is 10.1. The molecule has 1 saturated heterocycles. The van der Waals surface area contributed by atoms with Crippen molar-refractivity contribution in [2.24, 2.45) is 0 Å². The van der Waals surface area contributed by atoms with Crippen molar-refractivity contribution in [3.8, 4) is 0 Å². The average molecular weight is 413 g/mol. The Morgan fingerprint density at radius 3 is 2.43 bits per heavy atom. The van der Waals surface area contributed by atoms with Crippen molar-refractivity contribution in [3.63, 3.8) is 0 Å². The van der Waals surface area contributed by atoms with E-state index in [9.17, 15) is 21.6 Å². The number of rotatable bonds is 5. The smallest absolute Gasteiger partial charge is 0.256 e. The molecule has 0 radical (unpaired) electrons. The zero-order valence-electron chi connectivity index (χ0n) is 15.6. The van der Waals surface area contributed by atoms with Crippen molar-refractivity contribution in [1.82, 2.24) is 13.6 Å². The fraction of sp³-hybridized carbons (Fsp3) is 0.421. The second-order valence-corrected chi connectivity index (χ2v) is 9.08. The average Bonchev–Trinajstić information content (AvgIpc) is 3.12. The Morgan fingerprint density at radius 2 is 1.82 bits per heavy atom. The zero-order chi connectivity index (χ0) is 20.5. The molecule has 0 amide bonds. The van der Waals surface area contributed by atoms with E-state index >= 15 is 0 Å². The molecule has 152 valence electrons. The van der Waals surface area contributed by atoms with Crippen LogP contribution in [0.1, 0.15) is 41.4 Å². The topological polar surface area (TPSA) is 53.5 Å². The largest absolute Gasteiger partial charge is 0.416 e. The van der Waals surface area contributed by atoms with Gasteiger partial charge in [-0.15, -0.1) is 0 Å². The molecule has 1 atom stereocenters. The van der Waals surface area contributed by atoms with Crippen molar-refractivity contribution in [2.45, 2.75) is 31.5 Å². The summed E-state index contributed by atoms with van der Waals surface area (Å²) in [6, 6.07) is 10.1. The van der Waals surface area contributed by atoms with Gasteiger partial charge in [-0.1, -0.05) is 18.2 Å². The molecule has 1 fully saturated rings. The zero-order valence-corrected chi connectivity index (χ0v) is 16.5. The molecule has 9 heteroatoms. The Kier molecular flexibility index (Phi) is 5.79. The first-order chi connectivity index (χ1) is 13.1. The molecule has 28 heavy (non-hydrogen) atoms. The van der Waals surface area contributed by atoms with Gasteiger partial charge in [0.1, 0.15) is 0 Å². The van der Waals surface area contributed by atoms with E-state index in [0.717, 1.165) is 18.6 Å². The van der Waals surface area contributed by atoms with Crippen LogP contribution >= 0.6 is 0 Å². The fourth-order valence-electron chi connectivity index (χ4n) is 3.32. The van der Waals surface area contributed by atoms with E-state index in [-0.39, 0.29) is 6.04 Å². The third-order valence-electron chi connectivity index (χ3n) is 4.80. The predicted octanol–water partition coefficient (Wildman–Crippen LogP) is 3.63. The van der Waals surface area contributed by atoms with Crippen LogP contribution in [0.5, 0.6) is 0 Å². The Morgan fingerprint density at radius 1 is 1.14 bits per heavy atom. The number of halogens is 3. The summed E-state index contributed by atoms with van der Waals surface area (Å²) < 4.78 is 65.8. The van der Waals surface area contributed by atoms with Gasteiger partial charge >= 0.3 is 6.18 Å². The second kappa shape index (κ2) is 7.81. The van der Waals surface area contributed by atoms with Crippen LogP contribution in [0.4, 0.5) is 13.2 Å². The summed E-state index contributed by atoms with van der Waals surface area (Å²) in [5, 5.41) is 0. The quantitative estimate of drug-likeness (QED) is 0.752. The lowest BCUT2D eigenvalue weighted by Gasteiger charge is -2.26. The summed E-state index contributed by atoms with van der Waals surface area (Å²) in [7, 11) is -0.546. The normalized spacial score (nSPS) is 18.7. The summed E-state index contributed by atoms with van der Waals surface area (Å²) in [5.74, 6) is 0. The fourth-order valence-corrected chi connectivity index (χ4v) is 4.64. The van der Waals surface area contributed by atoms with E-state index in [0.29, 0.717) is 36.3 Å². The highest BCUT2D eigenvalue weighted by Crippen LogP contribution is 2.34. The van der Waals surface area contributed by atoms with Crippen molar-refractivity contribution in [3.05, 3.63) is 65.0 Å². The Hall–Kier alpha value is -1.97. The molecule has 0 unspecified atom stereocenters. The first-order valence-electron chi connectivity index (χ1n) is 8.90. The van der Waals surface area contributed by atoms with Gasteiger partial charge < -0.3 is 0 Å². The summed E-state index contributed by atoms with van der Waals surface area (Å²) >= 11 is 0. The van der Waals surface area contributed by atoms with Crippen LogP contribution < -0.4 is 0 Å². The predicted molar refractivity (Wildman–Crippen MR) is 99.8 cm³/mol. The maximum atomic E-state index is 12.7. The number of aromatic nitrogens is 1. The van der Waals surface area contributed by atoms with E-state index in [4.69, 9.17) is 0 Å². The van der Waals surface area contributed by atoms with Crippen LogP contribution in [0.3, 0.4) is 0 Å². The van der Waals surface area contributed by atoms with Crippen LogP contribution in [0.25, 0.3) is 0 Å². The van der Waals surface area contributed by atoms with E-state index in [1.54, 1.807) is 18.2 Å². The van der Waals surface area contributed by atoms with Gasteiger partial charge in [-0.3, -0.25) is 4.98 Å². The van der Waals surface area contributed by atoms with Crippen LogP contribution in [0.15, 0.2) is 42.5 Å².